The third kappa shape index (κ3) is 2.95. The van der Waals surface area contributed by atoms with Gasteiger partial charge in [0.15, 0.2) is 0 Å². The van der Waals surface area contributed by atoms with Crippen LogP contribution in [0.2, 0.25) is 0 Å². The van der Waals surface area contributed by atoms with E-state index in [1.54, 1.807) is 12.1 Å². The van der Waals surface area contributed by atoms with Gasteiger partial charge < -0.3 is 10.6 Å². The van der Waals surface area contributed by atoms with Gasteiger partial charge >= 0.3 is 0 Å². The highest BCUT2D eigenvalue weighted by Gasteiger charge is 2.34. The van der Waals surface area contributed by atoms with Gasteiger partial charge in [-0.15, -0.1) is 0 Å². The number of halogens is 1. The molecule has 1 aliphatic carbocycles. The van der Waals surface area contributed by atoms with E-state index >= 15 is 0 Å². The van der Waals surface area contributed by atoms with Crippen LogP contribution in [0.1, 0.15) is 19.3 Å². The Hall–Kier alpha value is -1.42. The Balaban J connectivity index is 1.62. The van der Waals surface area contributed by atoms with Crippen LogP contribution in [0.4, 0.5) is 10.1 Å². The summed E-state index contributed by atoms with van der Waals surface area (Å²) in [4.78, 5) is 12.3. The fourth-order valence-corrected chi connectivity index (χ4v) is 3.38. The molecule has 3 rings (SSSR count). The molecule has 2 fully saturated rings. The lowest BCUT2D eigenvalue weighted by molar-refractivity contribution is -0.122. The molecule has 0 aromatic heterocycles. The van der Waals surface area contributed by atoms with Gasteiger partial charge in [-0.25, -0.2) is 4.39 Å². The molecule has 1 aromatic carbocycles. The summed E-state index contributed by atoms with van der Waals surface area (Å²) < 4.78 is 12.8. The number of carbonyl (C=O) groups excluding carboxylic acids is 1. The second-order valence-electron chi connectivity index (χ2n) is 5.79. The smallest absolute Gasteiger partial charge is 0.227 e. The maximum absolute atomic E-state index is 12.8. The maximum Gasteiger partial charge on any atom is 0.227 e. The molecule has 102 valence electrons. The lowest BCUT2D eigenvalue weighted by Gasteiger charge is -2.38. The number of nitrogens with one attached hydrogen (secondary N) is 2. The van der Waals surface area contributed by atoms with Crippen molar-refractivity contribution in [2.75, 3.05) is 18.4 Å². The SMILES string of the molecule is O=C(Nc1ccc(F)cc1)C1CC2CNCC(C2)C1. The number of hydrogen-bond acceptors (Lipinski definition) is 2. The summed E-state index contributed by atoms with van der Waals surface area (Å²) in [5.74, 6) is 1.18. The van der Waals surface area contributed by atoms with Crippen LogP contribution in [0.15, 0.2) is 24.3 Å². The zero-order valence-corrected chi connectivity index (χ0v) is 10.9. The van der Waals surface area contributed by atoms with Crippen molar-refractivity contribution in [3.05, 3.63) is 30.1 Å². The zero-order chi connectivity index (χ0) is 13.2. The average Bonchev–Trinajstić information content (AvgIpc) is 2.41. The molecular formula is C15H19FN2O. The number of carbonyl (C=O) groups is 1. The Kier molecular flexibility index (Phi) is 3.51. The van der Waals surface area contributed by atoms with Crippen LogP contribution in [0.25, 0.3) is 0 Å². The molecule has 4 heteroatoms. The van der Waals surface area contributed by atoms with Crippen LogP contribution in [-0.4, -0.2) is 19.0 Å². The molecule has 0 radical (unpaired) electrons. The van der Waals surface area contributed by atoms with E-state index in [4.69, 9.17) is 0 Å². The quantitative estimate of drug-likeness (QED) is 0.859. The summed E-state index contributed by atoms with van der Waals surface area (Å²) >= 11 is 0. The van der Waals surface area contributed by atoms with E-state index in [0.29, 0.717) is 17.5 Å². The molecule has 0 spiro atoms. The van der Waals surface area contributed by atoms with Crippen LogP contribution < -0.4 is 10.6 Å². The van der Waals surface area contributed by atoms with E-state index in [-0.39, 0.29) is 17.6 Å². The topological polar surface area (TPSA) is 41.1 Å². The summed E-state index contributed by atoms with van der Waals surface area (Å²) in [6.07, 6.45) is 3.19. The normalized spacial score (nSPS) is 29.8. The van der Waals surface area contributed by atoms with Gasteiger partial charge in [0.2, 0.25) is 5.91 Å². The molecule has 3 nitrogen and oxygen atoms in total. The number of rotatable bonds is 2. The minimum Gasteiger partial charge on any atom is -0.326 e. The molecular weight excluding hydrogens is 243 g/mol. The standard InChI is InChI=1S/C15H19FN2O/c16-13-1-3-14(4-2-13)18-15(19)12-6-10-5-11(7-12)9-17-8-10/h1-4,10-12,17H,5-9H2,(H,18,19). The lowest BCUT2D eigenvalue weighted by Crippen LogP contribution is -2.44. The van der Waals surface area contributed by atoms with Crippen LogP contribution >= 0.6 is 0 Å². The second-order valence-corrected chi connectivity index (χ2v) is 5.79. The third-order valence-corrected chi connectivity index (χ3v) is 4.25. The van der Waals surface area contributed by atoms with Crippen molar-refractivity contribution in [3.63, 3.8) is 0 Å². The van der Waals surface area contributed by atoms with Gasteiger partial charge in [0, 0.05) is 11.6 Å². The van der Waals surface area contributed by atoms with Gasteiger partial charge in [-0.2, -0.15) is 0 Å². The largest absolute Gasteiger partial charge is 0.326 e. The van der Waals surface area contributed by atoms with Crippen molar-refractivity contribution in [3.8, 4) is 0 Å². The molecule has 1 saturated heterocycles. The fraction of sp³-hybridized carbons (Fsp3) is 0.533. The van der Waals surface area contributed by atoms with Gasteiger partial charge in [-0.1, -0.05) is 0 Å². The Morgan fingerprint density at radius 2 is 1.74 bits per heavy atom. The number of piperidine rings is 1. The monoisotopic (exact) mass is 262 g/mol. The third-order valence-electron chi connectivity index (χ3n) is 4.25. The molecule has 2 N–H and O–H groups in total. The van der Waals surface area contributed by atoms with Gasteiger partial charge in [0.25, 0.3) is 0 Å². The van der Waals surface area contributed by atoms with E-state index < -0.39 is 0 Å². The van der Waals surface area contributed by atoms with Gasteiger partial charge in [0.1, 0.15) is 5.82 Å². The second kappa shape index (κ2) is 5.29. The first kappa shape index (κ1) is 12.6. The highest BCUT2D eigenvalue weighted by atomic mass is 19.1. The molecule has 19 heavy (non-hydrogen) atoms. The van der Waals surface area contributed by atoms with Gasteiger partial charge in [0.05, 0.1) is 0 Å². The Labute approximate surface area is 112 Å². The molecule has 2 atom stereocenters. The first-order valence-corrected chi connectivity index (χ1v) is 6.98. The van der Waals surface area contributed by atoms with Crippen molar-refractivity contribution < 1.29 is 9.18 Å². The fourth-order valence-electron chi connectivity index (χ4n) is 3.38. The first-order valence-electron chi connectivity index (χ1n) is 6.98. The van der Waals surface area contributed by atoms with Crippen molar-refractivity contribution in [1.29, 1.82) is 0 Å². The van der Waals surface area contributed by atoms with Gasteiger partial charge in [-0.3, -0.25) is 4.79 Å². The van der Waals surface area contributed by atoms with Crippen molar-refractivity contribution in [1.82, 2.24) is 5.32 Å². The Bertz CT molecular complexity index is 448. The first-order chi connectivity index (χ1) is 9.20. The zero-order valence-electron chi connectivity index (χ0n) is 10.9. The molecule has 1 aromatic rings. The summed E-state index contributed by atoms with van der Waals surface area (Å²) in [7, 11) is 0. The molecule has 1 amide bonds. The van der Waals surface area contributed by atoms with Crippen LogP contribution in [0, 0.1) is 23.6 Å². The number of hydrogen-bond donors (Lipinski definition) is 2. The summed E-state index contributed by atoms with van der Waals surface area (Å²) in [6, 6.07) is 5.96. The number of fused-ring (bicyclic) bond motifs is 2. The maximum atomic E-state index is 12.8. The van der Waals surface area contributed by atoms with E-state index in [1.165, 1.54) is 18.6 Å². The minimum absolute atomic E-state index is 0.0863. The van der Waals surface area contributed by atoms with Crippen molar-refractivity contribution in [2.45, 2.75) is 19.3 Å². The van der Waals surface area contributed by atoms with E-state index in [1.807, 2.05) is 0 Å². The molecule has 1 aliphatic heterocycles. The van der Waals surface area contributed by atoms with Crippen molar-refractivity contribution in [2.24, 2.45) is 17.8 Å². The van der Waals surface area contributed by atoms with Crippen LogP contribution in [0.5, 0.6) is 0 Å². The minimum atomic E-state index is -0.281. The van der Waals surface area contributed by atoms with Crippen molar-refractivity contribution >= 4 is 11.6 Å². The summed E-state index contributed by atoms with van der Waals surface area (Å²) in [5, 5.41) is 6.33. The van der Waals surface area contributed by atoms with Crippen LogP contribution in [-0.2, 0) is 4.79 Å². The number of benzene rings is 1. The molecule has 1 heterocycles. The lowest BCUT2D eigenvalue weighted by atomic mass is 9.73. The molecule has 2 bridgehead atoms. The average molecular weight is 262 g/mol. The summed E-state index contributed by atoms with van der Waals surface area (Å²) in [6.45, 7) is 2.08. The summed E-state index contributed by atoms with van der Waals surface area (Å²) in [5.41, 5.74) is 0.681. The van der Waals surface area contributed by atoms with E-state index in [2.05, 4.69) is 10.6 Å². The predicted octanol–water partition coefficient (Wildman–Crippen LogP) is 2.40. The molecule has 1 saturated carbocycles. The Morgan fingerprint density at radius 3 is 2.37 bits per heavy atom. The number of amides is 1. The van der Waals surface area contributed by atoms with Crippen LogP contribution in [0.3, 0.4) is 0 Å². The van der Waals surface area contributed by atoms with Gasteiger partial charge in [-0.05, 0) is 68.5 Å². The van der Waals surface area contributed by atoms with E-state index in [9.17, 15) is 9.18 Å². The van der Waals surface area contributed by atoms with E-state index in [0.717, 1.165) is 25.9 Å². The number of anilines is 1. The predicted molar refractivity (Wildman–Crippen MR) is 72.2 cm³/mol. The highest BCUT2D eigenvalue weighted by molar-refractivity contribution is 5.92. The molecule has 2 unspecified atom stereocenters. The highest BCUT2D eigenvalue weighted by Crippen LogP contribution is 2.35. The Morgan fingerprint density at radius 1 is 1.11 bits per heavy atom. The molecule has 2 aliphatic rings.